The van der Waals surface area contributed by atoms with Crippen LogP contribution in [0.15, 0.2) is 11.4 Å². The van der Waals surface area contributed by atoms with Gasteiger partial charge in [0.05, 0.1) is 12.1 Å². The van der Waals surface area contributed by atoms with Crippen LogP contribution in [-0.2, 0) is 9.59 Å². The summed E-state index contributed by atoms with van der Waals surface area (Å²) in [5.74, 6) is -0.814. The maximum atomic E-state index is 12.0. The van der Waals surface area contributed by atoms with Crippen molar-refractivity contribution in [1.29, 1.82) is 5.26 Å². The molecule has 0 aliphatic carbocycles. The lowest BCUT2D eigenvalue weighted by Crippen LogP contribution is -2.49. The molecule has 6 nitrogen and oxygen atoms in total. The van der Waals surface area contributed by atoms with Crippen molar-refractivity contribution >= 4 is 28.2 Å². The van der Waals surface area contributed by atoms with E-state index in [0.29, 0.717) is 29.4 Å². The molecule has 7 heteroatoms. The SMILES string of the molecule is CC1CCN(CC(=O)Nc2sccc2C#N)C(C(=O)O)C1. The fourth-order valence-corrected chi connectivity index (χ4v) is 3.23. The Morgan fingerprint density at radius 2 is 2.38 bits per heavy atom. The molecule has 2 unspecified atom stereocenters. The van der Waals surface area contributed by atoms with E-state index in [1.54, 1.807) is 16.3 Å². The number of amides is 1. The molecule has 1 aliphatic heterocycles. The summed E-state index contributed by atoms with van der Waals surface area (Å²) < 4.78 is 0. The largest absolute Gasteiger partial charge is 0.480 e. The van der Waals surface area contributed by atoms with Gasteiger partial charge in [-0.1, -0.05) is 6.92 Å². The van der Waals surface area contributed by atoms with Gasteiger partial charge < -0.3 is 10.4 Å². The van der Waals surface area contributed by atoms with E-state index in [1.165, 1.54) is 11.3 Å². The van der Waals surface area contributed by atoms with Crippen molar-refractivity contribution in [2.24, 2.45) is 5.92 Å². The monoisotopic (exact) mass is 307 g/mol. The number of hydrogen-bond acceptors (Lipinski definition) is 5. The molecule has 2 rings (SSSR count). The number of likely N-dealkylation sites (tertiary alicyclic amines) is 1. The predicted molar refractivity (Wildman–Crippen MR) is 79.1 cm³/mol. The van der Waals surface area contributed by atoms with E-state index >= 15 is 0 Å². The van der Waals surface area contributed by atoms with Crippen LogP contribution in [0, 0.1) is 17.2 Å². The number of rotatable bonds is 4. The second kappa shape index (κ2) is 6.70. The first-order valence-electron chi connectivity index (χ1n) is 6.75. The molecule has 1 aliphatic rings. The summed E-state index contributed by atoms with van der Waals surface area (Å²) in [4.78, 5) is 25.0. The van der Waals surface area contributed by atoms with Crippen LogP contribution < -0.4 is 5.32 Å². The lowest BCUT2D eigenvalue weighted by atomic mass is 9.92. The molecule has 112 valence electrons. The zero-order chi connectivity index (χ0) is 15.4. The van der Waals surface area contributed by atoms with Gasteiger partial charge in [0.15, 0.2) is 0 Å². The molecule has 21 heavy (non-hydrogen) atoms. The smallest absolute Gasteiger partial charge is 0.320 e. The Morgan fingerprint density at radius 1 is 1.62 bits per heavy atom. The standard InChI is InChI=1S/C14H17N3O3S/c1-9-2-4-17(11(6-9)14(19)20)8-12(18)16-13-10(7-15)3-5-21-13/h3,5,9,11H,2,4,6,8H2,1H3,(H,16,18)(H,19,20). The average Bonchev–Trinajstić information content (AvgIpc) is 2.87. The van der Waals surface area contributed by atoms with Crippen molar-refractivity contribution in [2.45, 2.75) is 25.8 Å². The van der Waals surface area contributed by atoms with Gasteiger partial charge in [0.25, 0.3) is 0 Å². The van der Waals surface area contributed by atoms with Crippen molar-refractivity contribution < 1.29 is 14.7 Å². The topological polar surface area (TPSA) is 93.4 Å². The van der Waals surface area contributed by atoms with Gasteiger partial charge in [-0.15, -0.1) is 11.3 Å². The Morgan fingerprint density at radius 3 is 3.05 bits per heavy atom. The summed E-state index contributed by atoms with van der Waals surface area (Å²) in [6.45, 7) is 2.66. The van der Waals surface area contributed by atoms with Gasteiger partial charge >= 0.3 is 5.97 Å². The summed E-state index contributed by atoms with van der Waals surface area (Å²) >= 11 is 1.28. The van der Waals surface area contributed by atoms with Crippen LogP contribution in [0.3, 0.4) is 0 Å². The first-order chi connectivity index (χ1) is 10.0. The van der Waals surface area contributed by atoms with Crippen LogP contribution in [0.5, 0.6) is 0 Å². The van der Waals surface area contributed by atoms with Crippen LogP contribution in [0.2, 0.25) is 0 Å². The first kappa shape index (κ1) is 15.5. The van der Waals surface area contributed by atoms with Gasteiger partial charge in [0.1, 0.15) is 17.1 Å². The minimum atomic E-state index is -0.886. The number of aliphatic carboxylic acids is 1. The number of nitrogens with one attached hydrogen (secondary N) is 1. The number of nitrogens with zero attached hydrogens (tertiary/aromatic N) is 2. The fourth-order valence-electron chi connectivity index (χ4n) is 2.48. The molecule has 2 N–H and O–H groups in total. The Hall–Kier alpha value is -1.91. The van der Waals surface area contributed by atoms with Crippen molar-refractivity contribution in [3.63, 3.8) is 0 Å². The Bertz CT molecular complexity index is 578. The van der Waals surface area contributed by atoms with Gasteiger partial charge in [-0.3, -0.25) is 14.5 Å². The van der Waals surface area contributed by atoms with E-state index in [2.05, 4.69) is 5.32 Å². The normalized spacial score (nSPS) is 22.5. The van der Waals surface area contributed by atoms with E-state index in [4.69, 9.17) is 5.26 Å². The molecule has 0 bridgehead atoms. The van der Waals surface area contributed by atoms with E-state index in [0.717, 1.165) is 6.42 Å². The highest BCUT2D eigenvalue weighted by molar-refractivity contribution is 7.14. The van der Waals surface area contributed by atoms with E-state index < -0.39 is 12.0 Å². The van der Waals surface area contributed by atoms with Crippen molar-refractivity contribution in [3.8, 4) is 6.07 Å². The third kappa shape index (κ3) is 3.80. The number of carbonyl (C=O) groups excluding carboxylic acids is 1. The molecule has 1 saturated heterocycles. The molecule has 0 saturated carbocycles. The lowest BCUT2D eigenvalue weighted by molar-refractivity contribution is -0.145. The number of thiophene rings is 1. The minimum absolute atomic E-state index is 0.0342. The fraction of sp³-hybridized carbons (Fsp3) is 0.500. The van der Waals surface area contributed by atoms with E-state index in [1.807, 2.05) is 13.0 Å². The molecule has 2 heterocycles. The number of anilines is 1. The van der Waals surface area contributed by atoms with Gasteiger partial charge in [-0.25, -0.2) is 0 Å². The van der Waals surface area contributed by atoms with Crippen molar-refractivity contribution in [3.05, 3.63) is 17.0 Å². The maximum absolute atomic E-state index is 12.0. The summed E-state index contributed by atoms with van der Waals surface area (Å²) in [7, 11) is 0. The number of hydrogen-bond donors (Lipinski definition) is 2. The minimum Gasteiger partial charge on any atom is -0.480 e. The van der Waals surface area contributed by atoms with Crippen LogP contribution in [0.25, 0.3) is 0 Å². The highest BCUT2D eigenvalue weighted by Crippen LogP contribution is 2.24. The van der Waals surface area contributed by atoms with E-state index in [-0.39, 0.29) is 12.5 Å². The summed E-state index contributed by atoms with van der Waals surface area (Å²) in [5.41, 5.74) is 0.426. The summed E-state index contributed by atoms with van der Waals surface area (Å²) in [5, 5.41) is 23.1. The first-order valence-corrected chi connectivity index (χ1v) is 7.63. The Balaban J connectivity index is 1.98. The van der Waals surface area contributed by atoms with Gasteiger partial charge in [0, 0.05) is 0 Å². The summed E-state index contributed by atoms with van der Waals surface area (Å²) in [6, 6.07) is 3.03. The van der Waals surface area contributed by atoms with Crippen LogP contribution >= 0.6 is 11.3 Å². The van der Waals surface area contributed by atoms with Gasteiger partial charge in [-0.2, -0.15) is 5.26 Å². The lowest BCUT2D eigenvalue weighted by Gasteiger charge is -2.35. The number of piperidine rings is 1. The molecule has 2 atom stereocenters. The van der Waals surface area contributed by atoms with Crippen molar-refractivity contribution in [2.75, 3.05) is 18.4 Å². The predicted octanol–water partition coefficient (Wildman–Crippen LogP) is 1.74. The highest BCUT2D eigenvalue weighted by Gasteiger charge is 2.32. The number of carboxylic acids is 1. The third-order valence-corrected chi connectivity index (χ3v) is 4.48. The van der Waals surface area contributed by atoms with Crippen molar-refractivity contribution in [1.82, 2.24) is 4.90 Å². The number of nitriles is 1. The zero-order valence-electron chi connectivity index (χ0n) is 11.7. The highest BCUT2D eigenvalue weighted by atomic mass is 32.1. The third-order valence-electron chi connectivity index (χ3n) is 3.65. The molecule has 0 aromatic carbocycles. The average molecular weight is 307 g/mol. The molecule has 1 aromatic heterocycles. The Labute approximate surface area is 127 Å². The van der Waals surface area contributed by atoms with Gasteiger partial charge in [0.2, 0.25) is 5.91 Å². The Kier molecular flexibility index (Phi) is 4.94. The molecule has 1 fully saturated rings. The second-order valence-electron chi connectivity index (χ2n) is 5.28. The second-order valence-corrected chi connectivity index (χ2v) is 6.19. The van der Waals surface area contributed by atoms with Crippen LogP contribution in [0.4, 0.5) is 5.00 Å². The molecule has 0 radical (unpaired) electrons. The maximum Gasteiger partial charge on any atom is 0.320 e. The molecule has 1 amide bonds. The van der Waals surface area contributed by atoms with Crippen LogP contribution in [-0.4, -0.2) is 41.0 Å². The molecule has 1 aromatic rings. The quantitative estimate of drug-likeness (QED) is 0.884. The number of carboxylic acid groups (broad SMARTS) is 1. The molecular weight excluding hydrogens is 290 g/mol. The van der Waals surface area contributed by atoms with Gasteiger partial charge in [-0.05, 0) is 36.8 Å². The molecular formula is C14H17N3O3S. The summed E-state index contributed by atoms with van der Waals surface area (Å²) in [6.07, 6.45) is 1.45. The van der Waals surface area contributed by atoms with E-state index in [9.17, 15) is 14.7 Å². The van der Waals surface area contributed by atoms with Crippen LogP contribution in [0.1, 0.15) is 25.3 Å². The zero-order valence-corrected chi connectivity index (χ0v) is 12.5. The molecule has 0 spiro atoms. The number of carbonyl (C=O) groups is 2.